The molecule has 3 unspecified atom stereocenters. The van der Waals surface area contributed by atoms with E-state index in [1.54, 1.807) is 0 Å². The molecule has 0 aromatic rings. The van der Waals surface area contributed by atoms with Crippen LogP contribution in [-0.2, 0) is 0 Å². The van der Waals surface area contributed by atoms with E-state index in [9.17, 15) is 0 Å². The van der Waals surface area contributed by atoms with Crippen molar-refractivity contribution in [1.29, 1.82) is 0 Å². The van der Waals surface area contributed by atoms with E-state index in [0.29, 0.717) is 0 Å². The van der Waals surface area contributed by atoms with Crippen LogP contribution < -0.4 is 5.32 Å². The van der Waals surface area contributed by atoms with Crippen LogP contribution in [-0.4, -0.2) is 12.6 Å². The fraction of sp³-hybridized carbons (Fsp3) is 1.00. The zero-order valence-corrected chi connectivity index (χ0v) is 11.8. The zero-order chi connectivity index (χ0) is 12.0. The highest BCUT2D eigenvalue weighted by molar-refractivity contribution is 4.83. The molecular weight excluding hydrogens is 194 g/mol. The molecule has 0 aromatic carbocycles. The summed E-state index contributed by atoms with van der Waals surface area (Å²) in [5.41, 5.74) is 0. The average molecular weight is 225 g/mol. The van der Waals surface area contributed by atoms with Crippen LogP contribution in [0.25, 0.3) is 0 Å². The Morgan fingerprint density at radius 3 is 2.38 bits per heavy atom. The molecule has 1 rings (SSSR count). The van der Waals surface area contributed by atoms with Crippen LogP contribution in [0.5, 0.6) is 0 Å². The fourth-order valence-electron chi connectivity index (χ4n) is 3.32. The molecule has 1 fully saturated rings. The highest BCUT2D eigenvalue weighted by atomic mass is 14.9. The first kappa shape index (κ1) is 14.0. The van der Waals surface area contributed by atoms with Crippen LogP contribution in [0, 0.1) is 17.8 Å². The van der Waals surface area contributed by atoms with E-state index in [1.807, 2.05) is 0 Å². The molecule has 0 amide bonds. The highest BCUT2D eigenvalue weighted by Gasteiger charge is 2.28. The highest BCUT2D eigenvalue weighted by Crippen LogP contribution is 2.36. The molecule has 1 aliphatic rings. The van der Waals surface area contributed by atoms with Gasteiger partial charge in [-0.3, -0.25) is 0 Å². The third-order valence-corrected chi connectivity index (χ3v) is 4.33. The molecule has 1 heteroatoms. The molecule has 16 heavy (non-hydrogen) atoms. The van der Waals surface area contributed by atoms with Crippen molar-refractivity contribution in [3.8, 4) is 0 Å². The van der Waals surface area contributed by atoms with E-state index in [2.05, 4.69) is 33.0 Å². The lowest BCUT2D eigenvalue weighted by molar-refractivity contribution is 0.173. The third kappa shape index (κ3) is 4.08. The minimum absolute atomic E-state index is 0.788. The van der Waals surface area contributed by atoms with Gasteiger partial charge in [0.15, 0.2) is 0 Å². The Balaban J connectivity index is 2.48. The van der Waals surface area contributed by atoms with E-state index in [4.69, 9.17) is 0 Å². The van der Waals surface area contributed by atoms with Gasteiger partial charge in [0.2, 0.25) is 0 Å². The Kier molecular flexibility index (Phi) is 6.41. The summed E-state index contributed by atoms with van der Waals surface area (Å²) in [6, 6.07) is 0.788. The molecule has 0 aromatic heterocycles. The van der Waals surface area contributed by atoms with Gasteiger partial charge in [-0.2, -0.15) is 0 Å². The van der Waals surface area contributed by atoms with Gasteiger partial charge >= 0.3 is 0 Å². The minimum Gasteiger partial charge on any atom is -0.314 e. The van der Waals surface area contributed by atoms with Crippen molar-refractivity contribution in [2.75, 3.05) is 6.54 Å². The minimum atomic E-state index is 0.788. The van der Waals surface area contributed by atoms with Gasteiger partial charge in [0.1, 0.15) is 0 Å². The molecule has 1 N–H and O–H groups in total. The molecule has 0 spiro atoms. The predicted octanol–water partition coefficient (Wildman–Crippen LogP) is 4.23. The van der Waals surface area contributed by atoms with Crippen LogP contribution in [0.15, 0.2) is 0 Å². The summed E-state index contributed by atoms with van der Waals surface area (Å²) in [5.74, 6) is 2.81. The van der Waals surface area contributed by atoms with Crippen molar-refractivity contribution < 1.29 is 0 Å². The Bertz CT molecular complexity index is 170. The van der Waals surface area contributed by atoms with Gasteiger partial charge in [-0.25, -0.2) is 0 Å². The lowest BCUT2D eigenvalue weighted by Gasteiger charge is -2.36. The van der Waals surface area contributed by atoms with Crippen molar-refractivity contribution in [3.63, 3.8) is 0 Å². The van der Waals surface area contributed by atoms with Crippen molar-refractivity contribution in [1.82, 2.24) is 5.32 Å². The molecule has 0 aliphatic heterocycles. The van der Waals surface area contributed by atoms with Crippen molar-refractivity contribution >= 4 is 0 Å². The standard InChI is InChI=1S/C15H31N/c1-5-8-15(16-6-2)14-10-7-9-13(11-14)12(3)4/h12-16H,5-11H2,1-4H3. The molecule has 0 heterocycles. The smallest absolute Gasteiger partial charge is 0.00952 e. The first-order valence-electron chi connectivity index (χ1n) is 7.42. The third-order valence-electron chi connectivity index (χ3n) is 4.33. The lowest BCUT2D eigenvalue weighted by atomic mass is 9.73. The van der Waals surface area contributed by atoms with Gasteiger partial charge in [0.05, 0.1) is 0 Å². The Morgan fingerprint density at radius 2 is 1.81 bits per heavy atom. The van der Waals surface area contributed by atoms with E-state index in [-0.39, 0.29) is 0 Å². The average Bonchev–Trinajstić information content (AvgIpc) is 2.29. The van der Waals surface area contributed by atoms with E-state index < -0.39 is 0 Å². The lowest BCUT2D eigenvalue weighted by Crippen LogP contribution is -2.39. The van der Waals surface area contributed by atoms with Crippen LogP contribution in [0.2, 0.25) is 0 Å². The molecule has 0 saturated heterocycles. The monoisotopic (exact) mass is 225 g/mol. The van der Waals surface area contributed by atoms with E-state index in [0.717, 1.165) is 30.3 Å². The second kappa shape index (κ2) is 7.32. The summed E-state index contributed by atoms with van der Waals surface area (Å²) in [7, 11) is 0. The second-order valence-corrected chi connectivity index (χ2v) is 5.88. The molecule has 0 bridgehead atoms. The molecule has 1 nitrogen and oxygen atoms in total. The van der Waals surface area contributed by atoms with Gasteiger partial charge < -0.3 is 5.32 Å². The first-order chi connectivity index (χ1) is 7.69. The maximum atomic E-state index is 3.71. The molecule has 0 radical (unpaired) electrons. The molecule has 1 aliphatic carbocycles. The van der Waals surface area contributed by atoms with Crippen molar-refractivity contribution in [3.05, 3.63) is 0 Å². The summed E-state index contributed by atoms with van der Waals surface area (Å²) in [5, 5.41) is 3.71. The SMILES string of the molecule is CCCC(NCC)C1CCCC(C(C)C)C1. The Hall–Kier alpha value is -0.0400. The fourth-order valence-corrected chi connectivity index (χ4v) is 3.32. The van der Waals surface area contributed by atoms with Gasteiger partial charge in [-0.1, -0.05) is 47.0 Å². The maximum Gasteiger partial charge on any atom is 0.00952 e. The summed E-state index contributed by atoms with van der Waals surface area (Å²) in [6.07, 6.45) is 8.54. The van der Waals surface area contributed by atoms with E-state index >= 15 is 0 Å². The van der Waals surface area contributed by atoms with Gasteiger partial charge in [0, 0.05) is 6.04 Å². The molecular formula is C15H31N. The summed E-state index contributed by atoms with van der Waals surface area (Å²) < 4.78 is 0. The van der Waals surface area contributed by atoms with Gasteiger partial charge in [-0.05, 0) is 43.6 Å². The first-order valence-corrected chi connectivity index (χ1v) is 7.42. The second-order valence-electron chi connectivity index (χ2n) is 5.88. The van der Waals surface area contributed by atoms with Crippen molar-refractivity contribution in [2.24, 2.45) is 17.8 Å². The van der Waals surface area contributed by atoms with Crippen LogP contribution in [0.3, 0.4) is 0 Å². The zero-order valence-electron chi connectivity index (χ0n) is 11.8. The normalized spacial score (nSPS) is 28.3. The van der Waals surface area contributed by atoms with E-state index in [1.165, 1.54) is 38.5 Å². The summed E-state index contributed by atoms with van der Waals surface area (Å²) in [4.78, 5) is 0. The number of hydrogen-bond acceptors (Lipinski definition) is 1. The van der Waals surface area contributed by atoms with Crippen LogP contribution in [0.1, 0.15) is 66.2 Å². The Labute approximate surface area is 102 Å². The molecule has 96 valence electrons. The Morgan fingerprint density at radius 1 is 1.12 bits per heavy atom. The summed E-state index contributed by atoms with van der Waals surface area (Å²) in [6.45, 7) is 10.5. The summed E-state index contributed by atoms with van der Waals surface area (Å²) >= 11 is 0. The van der Waals surface area contributed by atoms with Crippen molar-refractivity contribution in [2.45, 2.75) is 72.3 Å². The quantitative estimate of drug-likeness (QED) is 0.713. The largest absolute Gasteiger partial charge is 0.314 e. The number of nitrogens with one attached hydrogen (secondary N) is 1. The molecule has 3 atom stereocenters. The predicted molar refractivity (Wildman–Crippen MR) is 72.7 cm³/mol. The molecule has 1 saturated carbocycles. The van der Waals surface area contributed by atoms with Gasteiger partial charge in [0.25, 0.3) is 0 Å². The number of rotatable bonds is 6. The number of hydrogen-bond donors (Lipinski definition) is 1. The van der Waals surface area contributed by atoms with Crippen LogP contribution in [0.4, 0.5) is 0 Å². The van der Waals surface area contributed by atoms with Crippen LogP contribution >= 0.6 is 0 Å². The van der Waals surface area contributed by atoms with Gasteiger partial charge in [-0.15, -0.1) is 0 Å². The topological polar surface area (TPSA) is 12.0 Å². The maximum absolute atomic E-state index is 3.71.